The second-order valence-corrected chi connectivity index (χ2v) is 7.37. The Balaban J connectivity index is 1.67. The average Bonchev–Trinajstić information content (AvgIpc) is 3.40. The molecule has 0 spiro atoms. The number of thiocarbonyl (C=S) groups is 1. The van der Waals surface area contributed by atoms with E-state index in [4.69, 9.17) is 12.2 Å². The standard InChI is InChI=1S/C23H18FN5S/c24-16-8-10-17(11-9-16)29-22(21(27-23(29)30)19-6-1-2-13-26-19)20-7-4-14-28(20)18-5-3-12-25-15-18/h1-15,21-22H,(H,27,30)/t21-,22-/m1/s1. The van der Waals surface area contributed by atoms with Crippen molar-refractivity contribution < 1.29 is 4.39 Å². The Labute approximate surface area is 178 Å². The van der Waals surface area contributed by atoms with E-state index in [2.05, 4.69) is 25.9 Å². The van der Waals surface area contributed by atoms with E-state index < -0.39 is 0 Å². The molecule has 1 aromatic carbocycles. The molecule has 0 bridgehead atoms. The predicted molar refractivity (Wildman–Crippen MR) is 118 cm³/mol. The summed E-state index contributed by atoms with van der Waals surface area (Å²) in [5.41, 5.74) is 3.68. The van der Waals surface area contributed by atoms with Gasteiger partial charge in [-0.2, -0.15) is 0 Å². The summed E-state index contributed by atoms with van der Waals surface area (Å²) >= 11 is 5.72. The Morgan fingerprint density at radius 3 is 2.50 bits per heavy atom. The highest BCUT2D eigenvalue weighted by Gasteiger charge is 2.42. The molecule has 148 valence electrons. The minimum absolute atomic E-state index is 0.172. The van der Waals surface area contributed by atoms with Crippen LogP contribution in [0.25, 0.3) is 5.69 Å². The maximum atomic E-state index is 13.6. The lowest BCUT2D eigenvalue weighted by Gasteiger charge is -2.29. The van der Waals surface area contributed by atoms with Crippen molar-refractivity contribution in [2.24, 2.45) is 0 Å². The quantitative estimate of drug-likeness (QED) is 0.494. The molecule has 1 saturated heterocycles. The minimum Gasteiger partial charge on any atom is -0.351 e. The summed E-state index contributed by atoms with van der Waals surface area (Å²) in [5, 5.41) is 3.99. The first-order chi connectivity index (χ1) is 14.7. The normalized spacial score (nSPS) is 18.4. The molecule has 0 amide bonds. The van der Waals surface area contributed by atoms with E-state index in [-0.39, 0.29) is 17.9 Å². The number of pyridine rings is 2. The van der Waals surface area contributed by atoms with Crippen LogP contribution in [0.1, 0.15) is 23.5 Å². The van der Waals surface area contributed by atoms with Gasteiger partial charge in [-0.15, -0.1) is 0 Å². The van der Waals surface area contributed by atoms with Gasteiger partial charge in [0.2, 0.25) is 0 Å². The van der Waals surface area contributed by atoms with Crippen molar-refractivity contribution in [1.82, 2.24) is 19.9 Å². The highest BCUT2D eigenvalue weighted by molar-refractivity contribution is 7.80. The Bertz CT molecular complexity index is 1160. The van der Waals surface area contributed by atoms with Crippen LogP contribution in [0.5, 0.6) is 0 Å². The van der Waals surface area contributed by atoms with Gasteiger partial charge >= 0.3 is 0 Å². The maximum absolute atomic E-state index is 13.6. The van der Waals surface area contributed by atoms with Gasteiger partial charge < -0.3 is 14.8 Å². The van der Waals surface area contributed by atoms with Crippen molar-refractivity contribution in [2.45, 2.75) is 12.1 Å². The minimum atomic E-state index is -0.284. The molecule has 1 aliphatic rings. The van der Waals surface area contributed by atoms with Gasteiger partial charge in [0.15, 0.2) is 5.11 Å². The summed E-state index contributed by atoms with van der Waals surface area (Å²) < 4.78 is 15.7. The molecule has 0 radical (unpaired) electrons. The fraction of sp³-hybridized carbons (Fsp3) is 0.0870. The Morgan fingerprint density at radius 1 is 0.900 bits per heavy atom. The van der Waals surface area contributed by atoms with Crippen LogP contribution in [0.4, 0.5) is 10.1 Å². The molecule has 4 aromatic rings. The zero-order chi connectivity index (χ0) is 20.5. The number of hydrogen-bond acceptors (Lipinski definition) is 3. The van der Waals surface area contributed by atoms with Crippen molar-refractivity contribution in [2.75, 3.05) is 4.90 Å². The van der Waals surface area contributed by atoms with Gasteiger partial charge in [-0.25, -0.2) is 4.39 Å². The van der Waals surface area contributed by atoms with Crippen molar-refractivity contribution in [3.05, 3.63) is 109 Å². The third-order valence-electron chi connectivity index (χ3n) is 5.21. The van der Waals surface area contributed by atoms with Crippen molar-refractivity contribution in [3.63, 3.8) is 0 Å². The van der Waals surface area contributed by atoms with E-state index >= 15 is 0 Å². The second kappa shape index (κ2) is 7.68. The van der Waals surface area contributed by atoms with Crippen LogP contribution in [-0.4, -0.2) is 19.6 Å². The Morgan fingerprint density at radius 2 is 1.77 bits per heavy atom. The van der Waals surface area contributed by atoms with Gasteiger partial charge in [0.25, 0.3) is 0 Å². The first kappa shape index (κ1) is 18.4. The third kappa shape index (κ3) is 3.23. The highest BCUT2D eigenvalue weighted by Crippen LogP contribution is 2.42. The van der Waals surface area contributed by atoms with E-state index in [0.29, 0.717) is 5.11 Å². The molecule has 1 fully saturated rings. The number of rotatable bonds is 4. The predicted octanol–water partition coefficient (Wildman–Crippen LogP) is 4.58. The summed E-state index contributed by atoms with van der Waals surface area (Å²) in [7, 11) is 0. The van der Waals surface area contributed by atoms with Gasteiger partial charge in [0.05, 0.1) is 23.6 Å². The number of halogens is 1. The van der Waals surface area contributed by atoms with Crippen molar-refractivity contribution in [1.29, 1.82) is 0 Å². The van der Waals surface area contributed by atoms with Gasteiger partial charge in [-0.05, 0) is 72.9 Å². The highest BCUT2D eigenvalue weighted by atomic mass is 32.1. The molecule has 1 aliphatic heterocycles. The van der Waals surface area contributed by atoms with Gasteiger partial charge in [-0.1, -0.05) is 6.07 Å². The first-order valence-electron chi connectivity index (χ1n) is 9.56. The summed E-state index contributed by atoms with van der Waals surface area (Å²) in [6.45, 7) is 0. The smallest absolute Gasteiger partial charge is 0.174 e. The molecule has 0 unspecified atom stereocenters. The number of aromatic nitrogens is 3. The van der Waals surface area contributed by atoms with Crippen LogP contribution < -0.4 is 10.2 Å². The average molecular weight is 415 g/mol. The largest absolute Gasteiger partial charge is 0.351 e. The molecule has 5 nitrogen and oxygen atoms in total. The van der Waals surface area contributed by atoms with Crippen molar-refractivity contribution >= 4 is 23.0 Å². The number of nitrogens with one attached hydrogen (secondary N) is 1. The van der Waals surface area contributed by atoms with Crippen LogP contribution in [0, 0.1) is 5.82 Å². The molecular weight excluding hydrogens is 397 g/mol. The monoisotopic (exact) mass is 415 g/mol. The van der Waals surface area contributed by atoms with Crippen LogP contribution in [0.15, 0.2) is 91.5 Å². The van der Waals surface area contributed by atoms with Crippen LogP contribution in [0.3, 0.4) is 0 Å². The van der Waals surface area contributed by atoms with E-state index in [1.54, 1.807) is 24.5 Å². The third-order valence-corrected chi connectivity index (χ3v) is 5.52. The van der Waals surface area contributed by atoms with E-state index in [0.717, 1.165) is 22.8 Å². The van der Waals surface area contributed by atoms with Gasteiger partial charge in [0, 0.05) is 30.0 Å². The van der Waals surface area contributed by atoms with E-state index in [9.17, 15) is 4.39 Å². The number of nitrogens with zero attached hydrogens (tertiary/aromatic N) is 4. The van der Waals surface area contributed by atoms with Crippen LogP contribution in [-0.2, 0) is 0 Å². The summed E-state index contributed by atoms with van der Waals surface area (Å²) in [5.74, 6) is -0.284. The zero-order valence-electron chi connectivity index (χ0n) is 15.9. The summed E-state index contributed by atoms with van der Waals surface area (Å²) in [6, 6.07) is 19.9. The lowest BCUT2D eigenvalue weighted by molar-refractivity contribution is 0.549. The molecule has 7 heteroatoms. The van der Waals surface area contributed by atoms with Crippen LogP contribution >= 0.6 is 12.2 Å². The molecule has 0 aliphatic carbocycles. The van der Waals surface area contributed by atoms with Crippen molar-refractivity contribution in [3.8, 4) is 5.69 Å². The second-order valence-electron chi connectivity index (χ2n) is 6.99. The summed E-state index contributed by atoms with van der Waals surface area (Å²) in [4.78, 5) is 10.9. The van der Waals surface area contributed by atoms with Gasteiger partial charge in [-0.3, -0.25) is 9.97 Å². The number of hydrogen-bond donors (Lipinski definition) is 1. The lowest BCUT2D eigenvalue weighted by atomic mass is 10.0. The molecule has 0 saturated carbocycles. The molecular formula is C23H18FN5S. The Hall–Kier alpha value is -3.58. The molecule has 2 atom stereocenters. The molecule has 30 heavy (non-hydrogen) atoms. The first-order valence-corrected chi connectivity index (χ1v) is 9.97. The topological polar surface area (TPSA) is 46.0 Å². The molecule has 3 aromatic heterocycles. The molecule has 4 heterocycles. The Kier molecular flexibility index (Phi) is 4.72. The SMILES string of the molecule is Fc1ccc(N2C(=S)N[C@H](c3ccccn3)[C@H]2c2cccn2-c2cccnc2)cc1. The fourth-order valence-corrected chi connectivity index (χ4v) is 4.25. The molecule has 5 rings (SSSR count). The van der Waals surface area contributed by atoms with E-state index in [1.165, 1.54) is 12.1 Å². The lowest BCUT2D eigenvalue weighted by Crippen LogP contribution is -2.30. The summed E-state index contributed by atoms with van der Waals surface area (Å²) in [6.07, 6.45) is 7.35. The van der Waals surface area contributed by atoms with Crippen LogP contribution in [0.2, 0.25) is 0 Å². The fourth-order valence-electron chi connectivity index (χ4n) is 3.90. The zero-order valence-corrected chi connectivity index (χ0v) is 16.7. The molecule has 1 N–H and O–H groups in total. The number of benzene rings is 1. The van der Waals surface area contributed by atoms with E-state index in [1.807, 2.05) is 53.7 Å². The maximum Gasteiger partial charge on any atom is 0.174 e. The number of anilines is 1. The van der Waals surface area contributed by atoms with Gasteiger partial charge in [0.1, 0.15) is 11.9 Å².